The maximum atomic E-state index is 11.8. The third-order valence-electron chi connectivity index (χ3n) is 4.79. The van der Waals surface area contributed by atoms with Crippen LogP contribution in [0.3, 0.4) is 0 Å². The summed E-state index contributed by atoms with van der Waals surface area (Å²) in [7, 11) is 1.65. The molecule has 4 nitrogen and oxygen atoms in total. The second kappa shape index (κ2) is 4.58. The predicted octanol–water partition coefficient (Wildman–Crippen LogP) is 2.48. The van der Waals surface area contributed by atoms with Crippen molar-refractivity contribution in [1.29, 1.82) is 0 Å². The van der Waals surface area contributed by atoms with Crippen molar-refractivity contribution in [1.82, 2.24) is 5.32 Å². The molecule has 1 aromatic rings. The number of ether oxygens (including phenoxy) is 2. The van der Waals surface area contributed by atoms with Gasteiger partial charge in [-0.05, 0) is 30.7 Å². The molecule has 2 heterocycles. The largest absolute Gasteiger partial charge is 0.493 e. The maximum Gasteiger partial charge on any atom is 0.166 e. The molecular weight excluding hydrogens is 334 g/mol. The second-order valence-electron chi connectivity index (χ2n) is 5.82. The van der Waals surface area contributed by atoms with Gasteiger partial charge in [-0.1, -0.05) is 22.0 Å². The average Bonchev–Trinajstić information content (AvgIpc) is 2.67. The summed E-state index contributed by atoms with van der Waals surface area (Å²) in [6.07, 6.45) is 5.02. The number of rotatable bonds is 1. The molecule has 5 heteroatoms. The molecule has 0 bridgehead atoms. The van der Waals surface area contributed by atoms with Crippen molar-refractivity contribution in [3.8, 4) is 11.5 Å². The van der Waals surface area contributed by atoms with E-state index in [-0.39, 0.29) is 17.3 Å². The molecule has 1 aliphatic carbocycles. The van der Waals surface area contributed by atoms with Crippen molar-refractivity contribution >= 4 is 21.7 Å². The highest BCUT2D eigenvalue weighted by Gasteiger charge is 2.52. The van der Waals surface area contributed by atoms with Crippen molar-refractivity contribution in [2.75, 3.05) is 13.7 Å². The zero-order chi connectivity index (χ0) is 14.6. The van der Waals surface area contributed by atoms with Crippen molar-refractivity contribution in [3.05, 3.63) is 33.8 Å². The SMILES string of the molecule is COc1cc(Br)c2c3c1O[C@@H]1CC(=O)C=C[C@]31CCNC2. The van der Waals surface area contributed by atoms with Crippen LogP contribution in [0, 0.1) is 0 Å². The van der Waals surface area contributed by atoms with E-state index in [9.17, 15) is 4.79 Å². The Bertz CT molecular complexity index is 670. The summed E-state index contributed by atoms with van der Waals surface area (Å²) >= 11 is 3.66. The summed E-state index contributed by atoms with van der Waals surface area (Å²) in [5.41, 5.74) is 2.19. The molecule has 2 atom stereocenters. The number of hydrogen-bond donors (Lipinski definition) is 1. The zero-order valence-corrected chi connectivity index (χ0v) is 13.3. The minimum atomic E-state index is -0.209. The van der Waals surface area contributed by atoms with Crippen LogP contribution in [0.1, 0.15) is 24.0 Å². The van der Waals surface area contributed by atoms with Gasteiger partial charge in [-0.15, -0.1) is 0 Å². The minimum Gasteiger partial charge on any atom is -0.493 e. The Labute approximate surface area is 131 Å². The van der Waals surface area contributed by atoms with Gasteiger partial charge in [-0.3, -0.25) is 4.79 Å². The van der Waals surface area contributed by atoms with Crippen molar-refractivity contribution < 1.29 is 14.3 Å². The summed E-state index contributed by atoms with van der Waals surface area (Å²) in [5.74, 6) is 1.68. The van der Waals surface area contributed by atoms with Crippen LogP contribution in [-0.4, -0.2) is 25.5 Å². The Morgan fingerprint density at radius 2 is 2.38 bits per heavy atom. The monoisotopic (exact) mass is 349 g/mol. The number of allylic oxidation sites excluding steroid dienone is 1. The van der Waals surface area contributed by atoms with Gasteiger partial charge >= 0.3 is 0 Å². The highest BCUT2D eigenvalue weighted by molar-refractivity contribution is 9.10. The summed E-state index contributed by atoms with van der Waals surface area (Å²) in [6.45, 7) is 1.70. The standard InChI is InChI=1S/C16H16BrNO3/c1-20-12-7-11(17)10-8-18-5-4-16-3-2-9(19)6-13(16)21-15(12)14(10)16/h2-3,7,13,18H,4-6,8H2,1H3/t13-,16-/m1/s1. The maximum absolute atomic E-state index is 11.8. The van der Waals surface area contributed by atoms with E-state index in [1.807, 2.05) is 6.07 Å². The average molecular weight is 350 g/mol. The number of carbonyl (C=O) groups is 1. The lowest BCUT2D eigenvalue weighted by molar-refractivity contribution is -0.117. The number of methoxy groups -OCH3 is 1. The third-order valence-corrected chi connectivity index (χ3v) is 5.50. The van der Waals surface area contributed by atoms with Gasteiger partial charge in [0.25, 0.3) is 0 Å². The topological polar surface area (TPSA) is 47.6 Å². The molecule has 1 N–H and O–H groups in total. The molecule has 0 saturated heterocycles. The van der Waals surface area contributed by atoms with E-state index in [1.165, 1.54) is 11.1 Å². The summed E-state index contributed by atoms with van der Waals surface area (Å²) in [6, 6.07) is 1.96. The molecule has 0 aromatic heterocycles. The first-order valence-corrected chi connectivity index (χ1v) is 7.94. The molecule has 110 valence electrons. The molecule has 21 heavy (non-hydrogen) atoms. The molecule has 0 fully saturated rings. The third kappa shape index (κ3) is 1.74. The number of hydrogen-bond acceptors (Lipinski definition) is 4. The molecule has 1 spiro atoms. The van der Waals surface area contributed by atoms with Crippen LogP contribution in [0.2, 0.25) is 0 Å². The van der Waals surface area contributed by atoms with Crippen LogP contribution in [0.25, 0.3) is 0 Å². The molecule has 0 unspecified atom stereocenters. The fourth-order valence-electron chi connectivity index (χ4n) is 3.77. The lowest BCUT2D eigenvalue weighted by atomic mass is 9.69. The molecule has 1 aromatic carbocycles. The van der Waals surface area contributed by atoms with Gasteiger partial charge in [-0.2, -0.15) is 0 Å². The van der Waals surface area contributed by atoms with Crippen LogP contribution in [-0.2, 0) is 16.8 Å². The van der Waals surface area contributed by atoms with Crippen LogP contribution in [0.15, 0.2) is 22.7 Å². The predicted molar refractivity (Wildman–Crippen MR) is 81.9 cm³/mol. The van der Waals surface area contributed by atoms with Gasteiger partial charge in [0.05, 0.1) is 12.5 Å². The minimum absolute atomic E-state index is 0.119. The first-order chi connectivity index (χ1) is 10.2. The molecule has 0 amide bonds. The number of carbonyl (C=O) groups excluding carboxylic acids is 1. The Balaban J connectivity index is 2.02. The molecule has 3 aliphatic rings. The zero-order valence-electron chi connectivity index (χ0n) is 11.7. The van der Waals surface area contributed by atoms with Crippen LogP contribution >= 0.6 is 15.9 Å². The molecular formula is C16H16BrNO3. The lowest BCUT2D eigenvalue weighted by Gasteiger charge is -2.33. The fraction of sp³-hybridized carbons (Fsp3) is 0.438. The quantitative estimate of drug-likeness (QED) is 0.846. The van der Waals surface area contributed by atoms with E-state index in [2.05, 4.69) is 27.3 Å². The highest BCUT2D eigenvalue weighted by Crippen LogP contribution is 2.56. The highest BCUT2D eigenvalue weighted by atomic mass is 79.9. The molecule has 0 saturated carbocycles. The van der Waals surface area contributed by atoms with E-state index in [1.54, 1.807) is 13.2 Å². The smallest absolute Gasteiger partial charge is 0.166 e. The van der Waals surface area contributed by atoms with Gasteiger partial charge in [0, 0.05) is 23.0 Å². The fourth-order valence-corrected chi connectivity index (χ4v) is 4.32. The summed E-state index contributed by atoms with van der Waals surface area (Å²) in [4.78, 5) is 11.8. The Morgan fingerprint density at radius 1 is 1.52 bits per heavy atom. The lowest BCUT2D eigenvalue weighted by Crippen LogP contribution is -2.41. The van der Waals surface area contributed by atoms with Crippen molar-refractivity contribution in [2.45, 2.75) is 30.9 Å². The van der Waals surface area contributed by atoms with Crippen LogP contribution < -0.4 is 14.8 Å². The number of nitrogens with one attached hydrogen (secondary N) is 1. The summed E-state index contributed by atoms with van der Waals surface area (Å²) in [5, 5.41) is 3.47. The first-order valence-electron chi connectivity index (χ1n) is 7.15. The molecule has 0 radical (unpaired) electrons. The first kappa shape index (κ1) is 13.3. The van der Waals surface area contributed by atoms with E-state index < -0.39 is 0 Å². The van der Waals surface area contributed by atoms with E-state index in [0.717, 1.165) is 35.5 Å². The number of halogens is 1. The van der Waals surface area contributed by atoms with Gasteiger partial charge in [-0.25, -0.2) is 0 Å². The second-order valence-corrected chi connectivity index (χ2v) is 6.68. The number of ketones is 1. The molecule has 4 rings (SSSR count). The van der Waals surface area contributed by atoms with E-state index in [0.29, 0.717) is 6.42 Å². The molecule has 2 aliphatic heterocycles. The Morgan fingerprint density at radius 3 is 3.19 bits per heavy atom. The van der Waals surface area contributed by atoms with Gasteiger partial charge in [0.15, 0.2) is 17.3 Å². The van der Waals surface area contributed by atoms with Crippen molar-refractivity contribution in [3.63, 3.8) is 0 Å². The van der Waals surface area contributed by atoms with Gasteiger partial charge in [0.1, 0.15) is 6.10 Å². The van der Waals surface area contributed by atoms with Gasteiger partial charge < -0.3 is 14.8 Å². The Hall–Kier alpha value is -1.33. The Kier molecular flexibility index (Phi) is 2.91. The van der Waals surface area contributed by atoms with E-state index in [4.69, 9.17) is 9.47 Å². The number of benzene rings is 1. The van der Waals surface area contributed by atoms with Crippen LogP contribution in [0.5, 0.6) is 11.5 Å². The van der Waals surface area contributed by atoms with Crippen molar-refractivity contribution in [2.24, 2.45) is 0 Å². The normalized spacial score (nSPS) is 29.4. The van der Waals surface area contributed by atoms with E-state index >= 15 is 0 Å². The van der Waals surface area contributed by atoms with Gasteiger partial charge in [0.2, 0.25) is 0 Å². The van der Waals surface area contributed by atoms with Crippen LogP contribution in [0.4, 0.5) is 0 Å². The summed E-state index contributed by atoms with van der Waals surface area (Å²) < 4.78 is 12.7.